The van der Waals surface area contributed by atoms with Gasteiger partial charge in [-0.2, -0.15) is 0 Å². The Hall–Kier alpha value is -3.40. The van der Waals surface area contributed by atoms with Gasteiger partial charge in [0.1, 0.15) is 11.3 Å². The maximum atomic E-state index is 11.7. The highest BCUT2D eigenvalue weighted by Gasteiger charge is 2.18. The lowest BCUT2D eigenvalue weighted by atomic mass is 10.0. The minimum absolute atomic E-state index is 0.394. The third kappa shape index (κ3) is 2.34. The Bertz CT molecular complexity index is 1050. The van der Waals surface area contributed by atoms with Crippen molar-refractivity contribution in [2.24, 2.45) is 0 Å². The number of fused-ring (bicyclic) bond motifs is 2. The van der Waals surface area contributed by atoms with E-state index in [1.54, 1.807) is 6.07 Å². The maximum Gasteiger partial charge on any atom is 0.335 e. The largest absolute Gasteiger partial charge is 0.436 e. The summed E-state index contributed by atoms with van der Waals surface area (Å²) in [5.41, 5.74) is 2.09. The molecule has 4 aromatic rings. The van der Waals surface area contributed by atoms with E-state index >= 15 is 0 Å². The van der Waals surface area contributed by atoms with Crippen LogP contribution >= 0.6 is 0 Å². The fourth-order valence-corrected chi connectivity index (χ4v) is 2.69. The van der Waals surface area contributed by atoms with Crippen LogP contribution in [0.2, 0.25) is 0 Å². The fourth-order valence-electron chi connectivity index (χ4n) is 2.69. The Labute approximate surface area is 138 Å². The molecule has 0 saturated heterocycles. The summed E-state index contributed by atoms with van der Waals surface area (Å²) in [6, 6.07) is 19.0. The quantitative estimate of drug-likeness (QED) is 0.311. The van der Waals surface area contributed by atoms with E-state index in [1.807, 2.05) is 54.6 Å². The molecule has 0 unspecified atom stereocenters. The Morgan fingerprint density at radius 2 is 1.83 bits per heavy atom. The fraction of sp³-hybridized carbons (Fsp3) is 0. The van der Waals surface area contributed by atoms with Crippen molar-refractivity contribution >= 4 is 27.8 Å². The first-order valence-electron chi connectivity index (χ1n) is 7.48. The number of esters is 1. The number of aromatic nitrogens is 1. The zero-order valence-electron chi connectivity index (χ0n) is 12.7. The summed E-state index contributed by atoms with van der Waals surface area (Å²) in [7, 11) is 0. The number of nitrogens with zero attached hydrogens (tertiary/aromatic N) is 1. The predicted molar refractivity (Wildman–Crippen MR) is 92.8 cm³/mol. The molecular formula is C20H13NO3. The summed E-state index contributed by atoms with van der Waals surface area (Å²) in [4.78, 5) is 16.2. The van der Waals surface area contributed by atoms with Gasteiger partial charge in [-0.1, -0.05) is 49.0 Å². The van der Waals surface area contributed by atoms with Crippen LogP contribution in [0, 0.1) is 0 Å². The van der Waals surface area contributed by atoms with Gasteiger partial charge in [-0.05, 0) is 29.0 Å². The third-order valence-electron chi connectivity index (χ3n) is 3.78. The molecule has 0 aliphatic carbocycles. The number of carbonyl (C=O) groups excluding carboxylic acids is 1. The van der Waals surface area contributed by atoms with Crippen molar-refractivity contribution in [3.05, 3.63) is 73.3 Å². The molecule has 4 nitrogen and oxygen atoms in total. The normalized spacial score (nSPS) is 10.8. The Balaban J connectivity index is 2.01. The molecule has 0 radical (unpaired) electrons. The van der Waals surface area contributed by atoms with E-state index in [0.717, 1.165) is 22.4 Å². The zero-order valence-corrected chi connectivity index (χ0v) is 12.7. The van der Waals surface area contributed by atoms with E-state index in [4.69, 9.17) is 9.15 Å². The van der Waals surface area contributed by atoms with Crippen molar-refractivity contribution in [3.8, 4) is 17.2 Å². The van der Waals surface area contributed by atoms with Gasteiger partial charge in [-0.15, -0.1) is 0 Å². The lowest BCUT2D eigenvalue weighted by Crippen LogP contribution is -2.04. The highest BCUT2D eigenvalue weighted by atomic mass is 16.5. The van der Waals surface area contributed by atoms with Gasteiger partial charge in [0.15, 0.2) is 5.58 Å². The number of hydrogen-bond acceptors (Lipinski definition) is 4. The standard InChI is InChI=1S/C20H13NO3/c1-2-18(22)23-17-12-11-13-7-3-4-8-14(13)19(17)20-21-15-9-5-6-10-16(15)24-20/h2-12H,1H2. The Morgan fingerprint density at radius 3 is 2.67 bits per heavy atom. The van der Waals surface area contributed by atoms with Gasteiger partial charge >= 0.3 is 5.97 Å². The van der Waals surface area contributed by atoms with Crippen LogP contribution in [-0.2, 0) is 4.79 Å². The van der Waals surface area contributed by atoms with Crippen LogP contribution in [0.1, 0.15) is 0 Å². The lowest BCUT2D eigenvalue weighted by molar-refractivity contribution is -0.128. The molecule has 4 heteroatoms. The van der Waals surface area contributed by atoms with E-state index < -0.39 is 5.97 Å². The minimum Gasteiger partial charge on any atom is -0.436 e. The molecule has 0 spiro atoms. The molecule has 0 aliphatic heterocycles. The molecule has 1 heterocycles. The molecule has 0 atom stereocenters. The van der Waals surface area contributed by atoms with Crippen molar-refractivity contribution in [2.45, 2.75) is 0 Å². The van der Waals surface area contributed by atoms with E-state index in [0.29, 0.717) is 22.8 Å². The van der Waals surface area contributed by atoms with Gasteiger partial charge in [0.25, 0.3) is 0 Å². The number of rotatable bonds is 3. The summed E-state index contributed by atoms with van der Waals surface area (Å²) in [6.07, 6.45) is 1.13. The van der Waals surface area contributed by atoms with Gasteiger partial charge in [0.2, 0.25) is 5.89 Å². The van der Waals surface area contributed by atoms with Crippen molar-refractivity contribution in [1.82, 2.24) is 4.98 Å². The molecule has 0 aliphatic rings. The number of hydrogen-bond donors (Lipinski definition) is 0. The number of para-hydroxylation sites is 2. The monoisotopic (exact) mass is 315 g/mol. The first-order valence-corrected chi connectivity index (χ1v) is 7.48. The molecule has 4 rings (SSSR count). The van der Waals surface area contributed by atoms with Crippen LogP contribution in [0.3, 0.4) is 0 Å². The topological polar surface area (TPSA) is 52.3 Å². The second-order valence-electron chi connectivity index (χ2n) is 5.27. The van der Waals surface area contributed by atoms with Crippen molar-refractivity contribution < 1.29 is 13.9 Å². The molecular weight excluding hydrogens is 302 g/mol. The van der Waals surface area contributed by atoms with Gasteiger partial charge < -0.3 is 9.15 Å². The zero-order chi connectivity index (χ0) is 16.5. The molecule has 0 N–H and O–H groups in total. The highest BCUT2D eigenvalue weighted by molar-refractivity contribution is 6.00. The second kappa shape index (κ2) is 5.66. The van der Waals surface area contributed by atoms with E-state index in [2.05, 4.69) is 11.6 Å². The average molecular weight is 315 g/mol. The summed E-state index contributed by atoms with van der Waals surface area (Å²) in [5, 5.41) is 1.91. The van der Waals surface area contributed by atoms with E-state index in [9.17, 15) is 4.79 Å². The van der Waals surface area contributed by atoms with Crippen LogP contribution in [0.4, 0.5) is 0 Å². The predicted octanol–water partition coefficient (Wildman–Crippen LogP) is 4.74. The van der Waals surface area contributed by atoms with Crippen molar-refractivity contribution in [1.29, 1.82) is 0 Å². The van der Waals surface area contributed by atoms with Crippen molar-refractivity contribution in [2.75, 3.05) is 0 Å². The summed E-state index contributed by atoms with van der Waals surface area (Å²) in [5.74, 6) is 0.285. The van der Waals surface area contributed by atoms with Gasteiger partial charge in [-0.25, -0.2) is 9.78 Å². The number of carbonyl (C=O) groups is 1. The highest BCUT2D eigenvalue weighted by Crippen LogP contribution is 2.38. The van der Waals surface area contributed by atoms with E-state index in [1.165, 1.54) is 0 Å². The smallest absolute Gasteiger partial charge is 0.335 e. The number of oxazole rings is 1. The molecule has 1 aromatic heterocycles. The van der Waals surface area contributed by atoms with Crippen molar-refractivity contribution in [3.63, 3.8) is 0 Å². The molecule has 116 valence electrons. The van der Waals surface area contributed by atoms with Crippen LogP contribution in [0.15, 0.2) is 77.7 Å². The minimum atomic E-state index is -0.525. The Morgan fingerprint density at radius 1 is 1.04 bits per heavy atom. The molecule has 24 heavy (non-hydrogen) atoms. The van der Waals surface area contributed by atoms with Crippen LogP contribution in [-0.4, -0.2) is 11.0 Å². The summed E-state index contributed by atoms with van der Waals surface area (Å²) in [6.45, 7) is 3.44. The molecule has 0 amide bonds. The maximum absolute atomic E-state index is 11.7. The van der Waals surface area contributed by atoms with Crippen LogP contribution in [0.5, 0.6) is 5.75 Å². The van der Waals surface area contributed by atoms with Gasteiger partial charge in [0, 0.05) is 6.08 Å². The first-order chi connectivity index (χ1) is 11.8. The third-order valence-corrected chi connectivity index (χ3v) is 3.78. The number of ether oxygens (including phenoxy) is 1. The summed E-state index contributed by atoms with van der Waals surface area (Å²) < 4.78 is 11.3. The SMILES string of the molecule is C=CC(=O)Oc1ccc2ccccc2c1-c1nc2ccccc2o1. The molecule has 3 aromatic carbocycles. The second-order valence-corrected chi connectivity index (χ2v) is 5.27. The lowest BCUT2D eigenvalue weighted by Gasteiger charge is -2.09. The Kier molecular flexibility index (Phi) is 3.35. The van der Waals surface area contributed by atoms with Crippen LogP contribution in [0.25, 0.3) is 33.3 Å². The molecule has 0 fully saturated rings. The van der Waals surface area contributed by atoms with Gasteiger partial charge in [0.05, 0.1) is 5.56 Å². The average Bonchev–Trinajstić information content (AvgIpc) is 3.05. The summed E-state index contributed by atoms with van der Waals surface area (Å²) >= 11 is 0. The van der Waals surface area contributed by atoms with Gasteiger partial charge in [-0.3, -0.25) is 0 Å². The molecule has 0 saturated carbocycles. The molecule has 0 bridgehead atoms. The number of benzene rings is 3. The van der Waals surface area contributed by atoms with Crippen LogP contribution < -0.4 is 4.74 Å². The van der Waals surface area contributed by atoms with E-state index in [-0.39, 0.29) is 0 Å². The first kappa shape index (κ1) is 14.2.